The molecular formula is C20H21N3O2S. The van der Waals surface area contributed by atoms with Crippen LogP contribution in [0.15, 0.2) is 58.5 Å². The molecule has 134 valence electrons. The lowest BCUT2D eigenvalue weighted by Gasteiger charge is -2.24. The Morgan fingerprint density at radius 1 is 1.19 bits per heavy atom. The van der Waals surface area contributed by atoms with Gasteiger partial charge in [-0.2, -0.15) is 0 Å². The topological polar surface area (TPSA) is 58.4 Å². The summed E-state index contributed by atoms with van der Waals surface area (Å²) in [4.78, 5) is 20.5. The zero-order valence-corrected chi connectivity index (χ0v) is 15.2. The van der Waals surface area contributed by atoms with Gasteiger partial charge in [-0.1, -0.05) is 36.4 Å². The first kappa shape index (κ1) is 17.0. The van der Waals surface area contributed by atoms with Crippen molar-refractivity contribution in [3.8, 4) is 10.8 Å². The number of likely N-dealkylation sites (tertiary alicyclic amines) is 1. The number of benzene rings is 1. The third-order valence-electron chi connectivity index (χ3n) is 4.57. The molecule has 0 spiro atoms. The van der Waals surface area contributed by atoms with Gasteiger partial charge in [-0.25, -0.2) is 4.98 Å². The van der Waals surface area contributed by atoms with Crippen LogP contribution in [0.5, 0.6) is 0 Å². The Kier molecular flexibility index (Phi) is 5.13. The molecule has 1 saturated heterocycles. The fourth-order valence-corrected chi connectivity index (χ4v) is 3.88. The van der Waals surface area contributed by atoms with Gasteiger partial charge in [0.25, 0.3) is 0 Å². The molecule has 6 heteroatoms. The predicted molar refractivity (Wildman–Crippen MR) is 102 cm³/mol. The fourth-order valence-electron chi connectivity index (χ4n) is 3.22. The Balaban J connectivity index is 1.49. The first-order chi connectivity index (χ1) is 12.8. The van der Waals surface area contributed by atoms with Crippen molar-refractivity contribution < 1.29 is 9.21 Å². The number of hydrogen-bond donors (Lipinski definition) is 1. The lowest BCUT2D eigenvalue weighted by Crippen LogP contribution is -2.39. The van der Waals surface area contributed by atoms with Crippen molar-refractivity contribution in [1.29, 1.82) is 0 Å². The molecule has 3 aromatic rings. The Bertz CT molecular complexity index is 839. The summed E-state index contributed by atoms with van der Waals surface area (Å²) in [6.07, 6.45) is 3.83. The maximum absolute atomic E-state index is 13.0. The van der Waals surface area contributed by atoms with Crippen molar-refractivity contribution in [2.24, 2.45) is 0 Å². The molecule has 26 heavy (non-hydrogen) atoms. The average Bonchev–Trinajstić information content (AvgIpc) is 3.43. The maximum atomic E-state index is 13.0. The molecular weight excluding hydrogens is 346 g/mol. The van der Waals surface area contributed by atoms with Gasteiger partial charge in [-0.3, -0.25) is 10.1 Å². The van der Waals surface area contributed by atoms with Gasteiger partial charge in [0, 0.05) is 19.6 Å². The lowest BCUT2D eigenvalue weighted by molar-refractivity contribution is -0.132. The van der Waals surface area contributed by atoms with Gasteiger partial charge < -0.3 is 9.32 Å². The van der Waals surface area contributed by atoms with Crippen LogP contribution in [0, 0.1) is 0 Å². The summed E-state index contributed by atoms with van der Waals surface area (Å²) >= 11 is 1.59. The smallest absolute Gasteiger partial charge is 0.244 e. The molecule has 0 bridgehead atoms. The summed E-state index contributed by atoms with van der Waals surface area (Å²) in [5, 5.41) is 5.37. The molecule has 1 aliphatic rings. The third kappa shape index (κ3) is 3.71. The van der Waals surface area contributed by atoms with E-state index in [-0.39, 0.29) is 11.9 Å². The van der Waals surface area contributed by atoms with Crippen LogP contribution < -0.4 is 5.32 Å². The van der Waals surface area contributed by atoms with Crippen LogP contribution in [0.2, 0.25) is 0 Å². The van der Waals surface area contributed by atoms with Gasteiger partial charge in [0.15, 0.2) is 0 Å². The summed E-state index contributed by atoms with van der Waals surface area (Å²) in [7, 11) is 0. The van der Waals surface area contributed by atoms with Crippen LogP contribution in [0.4, 0.5) is 0 Å². The summed E-state index contributed by atoms with van der Waals surface area (Å²) in [5.74, 6) is 0.759. The number of rotatable bonds is 6. The van der Waals surface area contributed by atoms with Gasteiger partial charge >= 0.3 is 0 Å². The molecule has 1 amide bonds. The first-order valence-electron chi connectivity index (χ1n) is 8.86. The Morgan fingerprint density at radius 2 is 2.00 bits per heavy atom. The monoisotopic (exact) mass is 367 g/mol. The molecule has 1 aromatic carbocycles. The second-order valence-corrected chi connectivity index (χ2v) is 7.33. The number of thiophene rings is 1. The fraction of sp³-hybridized carbons (Fsp3) is 0.300. The van der Waals surface area contributed by atoms with Gasteiger partial charge in [-0.05, 0) is 29.9 Å². The van der Waals surface area contributed by atoms with Crippen molar-refractivity contribution in [3.05, 3.63) is 65.4 Å². The van der Waals surface area contributed by atoms with E-state index in [4.69, 9.17) is 4.42 Å². The SMILES string of the molecule is O=C(C(NCc1coc(-c2cccs2)n1)c1ccccc1)N1CCCC1. The maximum Gasteiger partial charge on any atom is 0.244 e. The van der Waals surface area contributed by atoms with E-state index >= 15 is 0 Å². The quantitative estimate of drug-likeness (QED) is 0.719. The Labute approximate surface area is 156 Å². The summed E-state index contributed by atoms with van der Waals surface area (Å²) < 4.78 is 5.57. The molecule has 1 atom stereocenters. The second kappa shape index (κ2) is 7.85. The molecule has 3 heterocycles. The van der Waals surface area contributed by atoms with Crippen LogP contribution in [0.25, 0.3) is 10.8 Å². The summed E-state index contributed by atoms with van der Waals surface area (Å²) in [5.41, 5.74) is 1.77. The van der Waals surface area contributed by atoms with Crippen LogP contribution >= 0.6 is 11.3 Å². The molecule has 4 rings (SSSR count). The number of oxazole rings is 1. The molecule has 1 N–H and O–H groups in total. The van der Waals surface area contributed by atoms with Crippen molar-refractivity contribution in [1.82, 2.24) is 15.2 Å². The van der Waals surface area contributed by atoms with Gasteiger partial charge in [-0.15, -0.1) is 11.3 Å². The summed E-state index contributed by atoms with van der Waals surface area (Å²) in [6, 6.07) is 13.5. The van der Waals surface area contributed by atoms with Crippen molar-refractivity contribution in [2.45, 2.75) is 25.4 Å². The minimum Gasteiger partial charge on any atom is -0.444 e. The van der Waals surface area contributed by atoms with E-state index in [9.17, 15) is 4.79 Å². The number of nitrogens with one attached hydrogen (secondary N) is 1. The van der Waals surface area contributed by atoms with Crippen molar-refractivity contribution >= 4 is 17.2 Å². The van der Waals surface area contributed by atoms with Crippen LogP contribution in [0.1, 0.15) is 30.1 Å². The lowest BCUT2D eigenvalue weighted by atomic mass is 10.1. The van der Waals surface area contributed by atoms with E-state index in [2.05, 4.69) is 10.3 Å². The highest BCUT2D eigenvalue weighted by Gasteiger charge is 2.27. The zero-order valence-electron chi connectivity index (χ0n) is 14.4. The van der Waals surface area contributed by atoms with E-state index < -0.39 is 0 Å². The zero-order chi connectivity index (χ0) is 17.8. The molecule has 5 nitrogen and oxygen atoms in total. The number of carbonyl (C=O) groups excluding carboxylic acids is 1. The van der Waals surface area contributed by atoms with Gasteiger partial charge in [0.2, 0.25) is 11.8 Å². The molecule has 0 aliphatic carbocycles. The Morgan fingerprint density at radius 3 is 2.73 bits per heavy atom. The minimum atomic E-state index is -0.365. The second-order valence-electron chi connectivity index (χ2n) is 6.38. The number of nitrogens with zero attached hydrogens (tertiary/aromatic N) is 2. The number of hydrogen-bond acceptors (Lipinski definition) is 5. The van der Waals surface area contributed by atoms with Gasteiger partial charge in [0.1, 0.15) is 12.3 Å². The molecule has 2 aromatic heterocycles. The average molecular weight is 367 g/mol. The van der Waals surface area contributed by atoms with E-state index in [1.165, 1.54) is 0 Å². The van der Waals surface area contributed by atoms with Gasteiger partial charge in [0.05, 0.1) is 10.6 Å². The van der Waals surface area contributed by atoms with Crippen LogP contribution in [-0.4, -0.2) is 28.9 Å². The van der Waals surface area contributed by atoms with E-state index in [1.807, 2.05) is 52.7 Å². The number of aromatic nitrogens is 1. The molecule has 0 saturated carbocycles. The largest absolute Gasteiger partial charge is 0.444 e. The minimum absolute atomic E-state index is 0.135. The highest BCUT2D eigenvalue weighted by atomic mass is 32.1. The van der Waals surface area contributed by atoms with Crippen molar-refractivity contribution in [3.63, 3.8) is 0 Å². The highest BCUT2D eigenvalue weighted by Crippen LogP contribution is 2.24. The van der Waals surface area contributed by atoms with E-state index in [1.54, 1.807) is 17.6 Å². The number of amides is 1. The molecule has 1 unspecified atom stereocenters. The predicted octanol–water partition coefficient (Wildman–Crippen LogP) is 3.86. The Hall–Kier alpha value is -2.44. The van der Waals surface area contributed by atoms with E-state index in [0.29, 0.717) is 12.4 Å². The normalized spacial score (nSPS) is 15.3. The van der Waals surface area contributed by atoms with E-state index in [0.717, 1.165) is 42.1 Å². The highest BCUT2D eigenvalue weighted by molar-refractivity contribution is 7.13. The summed E-state index contributed by atoms with van der Waals surface area (Å²) in [6.45, 7) is 2.17. The first-order valence-corrected chi connectivity index (χ1v) is 9.74. The standard InChI is InChI=1S/C20H21N3O2S/c24-20(23-10-4-5-11-23)18(15-7-2-1-3-8-15)21-13-16-14-25-19(22-16)17-9-6-12-26-17/h1-3,6-9,12,14,18,21H,4-5,10-11,13H2. The number of carbonyl (C=O) groups is 1. The van der Waals surface area contributed by atoms with Crippen molar-refractivity contribution in [2.75, 3.05) is 13.1 Å². The third-order valence-corrected chi connectivity index (χ3v) is 5.43. The van der Waals surface area contributed by atoms with Crippen LogP contribution in [-0.2, 0) is 11.3 Å². The molecule has 1 fully saturated rings. The molecule has 0 radical (unpaired) electrons. The molecule has 1 aliphatic heterocycles. The van der Waals surface area contributed by atoms with Crippen LogP contribution in [0.3, 0.4) is 0 Å².